The standard InChI is InChI=1S/C13H18N2O2S/c1-14-18(16,17)12-4-5-13-11(8-12)6-7-15(13)9-10-2-3-10/h4-5,8,10,14H,2-3,6-7,9H2,1H3. The molecule has 1 saturated carbocycles. The SMILES string of the molecule is CNS(=O)(=O)c1ccc2c(c1)CCN2CC1CC1. The van der Waals surface area contributed by atoms with E-state index in [0.29, 0.717) is 4.90 Å². The molecule has 0 amide bonds. The zero-order valence-electron chi connectivity index (χ0n) is 10.5. The van der Waals surface area contributed by atoms with E-state index >= 15 is 0 Å². The van der Waals surface area contributed by atoms with Gasteiger partial charge in [0.25, 0.3) is 0 Å². The Kier molecular flexibility index (Phi) is 2.83. The number of hydrogen-bond donors (Lipinski definition) is 1. The summed E-state index contributed by atoms with van der Waals surface area (Å²) in [4.78, 5) is 2.76. The third-order valence-corrected chi connectivity index (χ3v) is 5.21. The normalized spacial score (nSPS) is 19.1. The summed E-state index contributed by atoms with van der Waals surface area (Å²) in [7, 11) is -1.87. The van der Waals surface area contributed by atoms with Gasteiger partial charge in [0.05, 0.1) is 4.90 Å². The summed E-state index contributed by atoms with van der Waals surface area (Å²) in [5, 5.41) is 0. The fourth-order valence-corrected chi connectivity index (χ4v) is 3.31. The van der Waals surface area contributed by atoms with Crippen LogP contribution in [0, 0.1) is 5.92 Å². The second-order valence-corrected chi connectivity index (χ2v) is 7.02. The molecular formula is C13H18N2O2S. The van der Waals surface area contributed by atoms with Crippen molar-refractivity contribution in [2.75, 3.05) is 25.0 Å². The molecule has 1 aromatic rings. The fourth-order valence-electron chi connectivity index (χ4n) is 2.53. The Morgan fingerprint density at radius 2 is 2.17 bits per heavy atom. The maximum absolute atomic E-state index is 11.7. The maximum atomic E-state index is 11.7. The van der Waals surface area contributed by atoms with Crippen molar-refractivity contribution >= 4 is 15.7 Å². The highest BCUT2D eigenvalue weighted by Crippen LogP contribution is 2.35. The molecule has 4 nitrogen and oxygen atoms in total. The van der Waals surface area contributed by atoms with Gasteiger partial charge in [-0.05, 0) is 56.0 Å². The maximum Gasteiger partial charge on any atom is 0.240 e. The Labute approximate surface area is 108 Å². The molecular weight excluding hydrogens is 248 g/mol. The topological polar surface area (TPSA) is 49.4 Å². The zero-order chi connectivity index (χ0) is 12.8. The highest BCUT2D eigenvalue weighted by molar-refractivity contribution is 7.89. The molecule has 0 radical (unpaired) electrons. The Balaban J connectivity index is 1.89. The highest BCUT2D eigenvalue weighted by Gasteiger charge is 2.28. The quantitative estimate of drug-likeness (QED) is 0.895. The molecule has 1 aliphatic carbocycles. The van der Waals surface area contributed by atoms with E-state index in [2.05, 4.69) is 9.62 Å². The summed E-state index contributed by atoms with van der Waals surface area (Å²) in [5.41, 5.74) is 2.38. The number of hydrogen-bond acceptors (Lipinski definition) is 3. The molecule has 0 unspecified atom stereocenters. The molecule has 0 atom stereocenters. The number of nitrogens with zero attached hydrogens (tertiary/aromatic N) is 1. The van der Waals surface area contributed by atoms with Crippen molar-refractivity contribution in [3.8, 4) is 0 Å². The number of fused-ring (bicyclic) bond motifs is 1. The van der Waals surface area contributed by atoms with Crippen LogP contribution in [0.4, 0.5) is 5.69 Å². The molecule has 5 heteroatoms. The smallest absolute Gasteiger partial charge is 0.240 e. The molecule has 2 aliphatic rings. The van der Waals surface area contributed by atoms with E-state index in [1.807, 2.05) is 12.1 Å². The van der Waals surface area contributed by atoms with Crippen LogP contribution in [-0.4, -0.2) is 28.6 Å². The van der Waals surface area contributed by atoms with Gasteiger partial charge in [-0.3, -0.25) is 0 Å². The lowest BCUT2D eigenvalue weighted by atomic mass is 10.2. The number of benzene rings is 1. The fraction of sp³-hybridized carbons (Fsp3) is 0.538. The van der Waals surface area contributed by atoms with E-state index < -0.39 is 10.0 Å². The van der Waals surface area contributed by atoms with Crippen LogP contribution in [-0.2, 0) is 16.4 Å². The van der Waals surface area contributed by atoms with Gasteiger partial charge in [-0.2, -0.15) is 0 Å². The minimum atomic E-state index is -3.32. The Bertz CT molecular complexity index is 564. The first-order valence-electron chi connectivity index (χ1n) is 6.41. The van der Waals surface area contributed by atoms with Gasteiger partial charge in [0.15, 0.2) is 0 Å². The van der Waals surface area contributed by atoms with Crippen LogP contribution in [0.1, 0.15) is 18.4 Å². The van der Waals surface area contributed by atoms with Crippen LogP contribution in [0.15, 0.2) is 23.1 Å². The van der Waals surface area contributed by atoms with E-state index in [4.69, 9.17) is 0 Å². The third kappa shape index (κ3) is 2.12. The van der Waals surface area contributed by atoms with Crippen molar-refractivity contribution in [3.05, 3.63) is 23.8 Å². The Morgan fingerprint density at radius 1 is 1.39 bits per heavy atom. The van der Waals surface area contributed by atoms with E-state index in [-0.39, 0.29) is 0 Å². The molecule has 18 heavy (non-hydrogen) atoms. The third-order valence-electron chi connectivity index (χ3n) is 3.80. The molecule has 3 rings (SSSR count). The highest BCUT2D eigenvalue weighted by atomic mass is 32.2. The molecule has 1 heterocycles. The molecule has 1 aromatic carbocycles. The molecule has 1 aliphatic heterocycles. The molecule has 0 saturated heterocycles. The van der Waals surface area contributed by atoms with Crippen molar-refractivity contribution in [1.82, 2.24) is 4.72 Å². The summed E-state index contributed by atoms with van der Waals surface area (Å²) in [6.45, 7) is 2.15. The van der Waals surface area contributed by atoms with Crippen molar-refractivity contribution in [1.29, 1.82) is 0 Å². The van der Waals surface area contributed by atoms with E-state index in [1.54, 1.807) is 6.07 Å². The van der Waals surface area contributed by atoms with Crippen molar-refractivity contribution < 1.29 is 8.42 Å². The average Bonchev–Trinajstić information content (AvgIpc) is 3.09. The van der Waals surface area contributed by atoms with Gasteiger partial charge in [0, 0.05) is 18.8 Å². The lowest BCUT2D eigenvalue weighted by Crippen LogP contribution is -2.23. The number of sulfonamides is 1. The molecule has 1 N–H and O–H groups in total. The molecule has 0 spiro atoms. The monoisotopic (exact) mass is 266 g/mol. The lowest BCUT2D eigenvalue weighted by molar-refractivity contribution is 0.588. The van der Waals surface area contributed by atoms with Gasteiger partial charge in [0.2, 0.25) is 10.0 Å². The second-order valence-electron chi connectivity index (χ2n) is 5.14. The Morgan fingerprint density at radius 3 is 2.83 bits per heavy atom. The number of rotatable bonds is 4. The largest absolute Gasteiger partial charge is 0.371 e. The van der Waals surface area contributed by atoms with Crippen LogP contribution in [0.5, 0.6) is 0 Å². The first-order chi connectivity index (χ1) is 8.60. The molecule has 98 valence electrons. The van der Waals surface area contributed by atoms with Gasteiger partial charge < -0.3 is 4.90 Å². The van der Waals surface area contributed by atoms with Crippen LogP contribution < -0.4 is 9.62 Å². The first-order valence-corrected chi connectivity index (χ1v) is 7.90. The summed E-state index contributed by atoms with van der Waals surface area (Å²) in [5.74, 6) is 0.858. The average molecular weight is 266 g/mol. The predicted molar refractivity (Wildman–Crippen MR) is 71.3 cm³/mol. The second kappa shape index (κ2) is 4.24. The minimum Gasteiger partial charge on any atom is -0.371 e. The summed E-state index contributed by atoms with van der Waals surface area (Å²) >= 11 is 0. The number of nitrogens with one attached hydrogen (secondary N) is 1. The molecule has 0 aromatic heterocycles. The summed E-state index contributed by atoms with van der Waals surface area (Å²) < 4.78 is 25.9. The zero-order valence-corrected chi connectivity index (χ0v) is 11.3. The van der Waals surface area contributed by atoms with Gasteiger partial charge in [0.1, 0.15) is 0 Å². The lowest BCUT2D eigenvalue weighted by Gasteiger charge is -2.19. The molecule has 0 bridgehead atoms. The van der Waals surface area contributed by atoms with Crippen LogP contribution >= 0.6 is 0 Å². The van der Waals surface area contributed by atoms with Crippen LogP contribution in [0.25, 0.3) is 0 Å². The summed E-state index contributed by atoms with van der Waals surface area (Å²) in [6.07, 6.45) is 3.64. The van der Waals surface area contributed by atoms with Crippen molar-refractivity contribution in [2.45, 2.75) is 24.2 Å². The van der Waals surface area contributed by atoms with E-state index in [0.717, 1.165) is 31.0 Å². The van der Waals surface area contributed by atoms with Gasteiger partial charge in [-0.15, -0.1) is 0 Å². The van der Waals surface area contributed by atoms with Crippen molar-refractivity contribution in [2.24, 2.45) is 5.92 Å². The van der Waals surface area contributed by atoms with Gasteiger partial charge in [-0.1, -0.05) is 0 Å². The van der Waals surface area contributed by atoms with Crippen LogP contribution in [0.3, 0.4) is 0 Å². The molecule has 1 fully saturated rings. The predicted octanol–water partition coefficient (Wildman–Crippen LogP) is 1.37. The Hall–Kier alpha value is -1.07. The first kappa shape index (κ1) is 12.0. The van der Waals surface area contributed by atoms with Crippen molar-refractivity contribution in [3.63, 3.8) is 0 Å². The number of anilines is 1. The van der Waals surface area contributed by atoms with Gasteiger partial charge in [-0.25, -0.2) is 13.1 Å². The van der Waals surface area contributed by atoms with Gasteiger partial charge >= 0.3 is 0 Å². The van der Waals surface area contributed by atoms with Crippen LogP contribution in [0.2, 0.25) is 0 Å². The van der Waals surface area contributed by atoms with E-state index in [9.17, 15) is 8.42 Å². The minimum absolute atomic E-state index is 0.372. The summed E-state index contributed by atoms with van der Waals surface area (Å²) in [6, 6.07) is 5.47. The van der Waals surface area contributed by atoms with E-state index in [1.165, 1.54) is 25.6 Å².